The van der Waals surface area contributed by atoms with Gasteiger partial charge in [-0.2, -0.15) is 10.2 Å². The maximum atomic E-state index is 9.80. The number of benzene rings is 4. The van der Waals surface area contributed by atoms with Crippen LogP contribution in [-0.4, -0.2) is 30.5 Å². The number of ether oxygens (including phenoxy) is 1. The minimum Gasteiger partial charge on any atom is -0.507 e. The topological polar surface area (TPSA) is 99.7 Å². The molecule has 0 aliphatic rings. The molecule has 4 aromatic carbocycles. The van der Waals surface area contributed by atoms with E-state index in [4.69, 9.17) is 4.74 Å². The van der Waals surface area contributed by atoms with Crippen molar-refractivity contribution in [2.75, 3.05) is 0 Å². The van der Waals surface area contributed by atoms with Gasteiger partial charge in [0.25, 0.3) is 0 Å². The lowest BCUT2D eigenvalue weighted by atomic mass is 10.1. The average Bonchev–Trinajstić information content (AvgIpc) is 3.77. The molecule has 0 spiro atoms. The van der Waals surface area contributed by atoms with E-state index in [2.05, 4.69) is 25.4 Å². The van der Waals surface area contributed by atoms with Crippen LogP contribution in [0.4, 0.5) is 0 Å². The summed E-state index contributed by atoms with van der Waals surface area (Å²) in [7, 11) is 0. The Bertz CT molecular complexity index is 1880. The zero-order valence-corrected chi connectivity index (χ0v) is 23.3. The number of para-hydroxylation sites is 2. The smallest absolute Gasteiger partial charge is 0.130 e. The van der Waals surface area contributed by atoms with Crippen LogP contribution in [0.15, 0.2) is 146 Å². The zero-order chi connectivity index (χ0) is 29.3. The summed E-state index contributed by atoms with van der Waals surface area (Å²) in [6.07, 6.45) is 1.77. The number of phenolic OH excluding ortho intramolecular Hbond substituents is 1. The molecule has 3 aromatic heterocycles. The van der Waals surface area contributed by atoms with E-state index < -0.39 is 0 Å². The molecular formula is C36H29N5O2. The van der Waals surface area contributed by atoms with Crippen LogP contribution in [0.5, 0.6) is 11.5 Å². The zero-order valence-electron chi connectivity index (χ0n) is 23.3. The van der Waals surface area contributed by atoms with Crippen LogP contribution in [-0.2, 0) is 6.61 Å². The molecule has 0 radical (unpaired) electrons. The van der Waals surface area contributed by atoms with Crippen LogP contribution >= 0.6 is 0 Å². The summed E-state index contributed by atoms with van der Waals surface area (Å²) in [4.78, 5) is 4.29. The van der Waals surface area contributed by atoms with Crippen LogP contribution in [0.2, 0.25) is 0 Å². The van der Waals surface area contributed by atoms with Gasteiger partial charge in [0.2, 0.25) is 0 Å². The minimum absolute atomic E-state index is 0.251. The van der Waals surface area contributed by atoms with E-state index in [-0.39, 0.29) is 5.75 Å². The maximum Gasteiger partial charge on any atom is 0.130 e. The molecule has 7 nitrogen and oxygen atoms in total. The van der Waals surface area contributed by atoms with Gasteiger partial charge in [0.05, 0.1) is 28.5 Å². The normalized spacial score (nSPS) is 10.5. The Morgan fingerprint density at radius 3 is 1.70 bits per heavy atom. The van der Waals surface area contributed by atoms with Crippen molar-refractivity contribution in [2.45, 2.75) is 6.61 Å². The van der Waals surface area contributed by atoms with Crippen LogP contribution in [0.3, 0.4) is 0 Å². The summed E-state index contributed by atoms with van der Waals surface area (Å²) < 4.78 is 5.98. The Morgan fingerprint density at radius 2 is 1.09 bits per heavy atom. The fourth-order valence-electron chi connectivity index (χ4n) is 4.58. The number of aromatic amines is 2. The minimum atomic E-state index is 0.251. The molecule has 0 aliphatic carbocycles. The van der Waals surface area contributed by atoms with Crippen LogP contribution in [0.25, 0.3) is 45.0 Å². The summed E-state index contributed by atoms with van der Waals surface area (Å²) in [6, 6.07) is 45.0. The third-order valence-electron chi connectivity index (χ3n) is 6.77. The third-order valence-corrected chi connectivity index (χ3v) is 6.77. The van der Waals surface area contributed by atoms with Gasteiger partial charge in [-0.1, -0.05) is 91.0 Å². The molecule has 0 saturated carbocycles. The monoisotopic (exact) mass is 563 g/mol. The first kappa shape index (κ1) is 27.2. The lowest BCUT2D eigenvalue weighted by molar-refractivity contribution is 0.302. The van der Waals surface area contributed by atoms with Crippen molar-refractivity contribution in [1.29, 1.82) is 0 Å². The molecule has 43 heavy (non-hydrogen) atoms. The Morgan fingerprint density at radius 1 is 0.558 bits per heavy atom. The highest BCUT2D eigenvalue weighted by molar-refractivity contribution is 5.73. The lowest BCUT2D eigenvalue weighted by Crippen LogP contribution is -1.98. The number of nitrogens with zero attached hydrogens (tertiary/aromatic N) is 3. The Balaban J connectivity index is 0.000000162. The van der Waals surface area contributed by atoms with Gasteiger partial charge in [0.1, 0.15) is 18.1 Å². The highest BCUT2D eigenvalue weighted by atomic mass is 16.5. The van der Waals surface area contributed by atoms with E-state index in [1.165, 1.54) is 0 Å². The summed E-state index contributed by atoms with van der Waals surface area (Å²) in [5, 5.41) is 24.6. The van der Waals surface area contributed by atoms with Gasteiger partial charge in [0, 0.05) is 28.5 Å². The summed E-state index contributed by atoms with van der Waals surface area (Å²) >= 11 is 0. The van der Waals surface area contributed by atoms with Gasteiger partial charge in [-0.25, -0.2) is 0 Å². The highest BCUT2D eigenvalue weighted by Gasteiger charge is 2.11. The molecule has 7 heteroatoms. The van der Waals surface area contributed by atoms with Gasteiger partial charge in [-0.15, -0.1) is 0 Å². The molecule has 0 bridgehead atoms. The van der Waals surface area contributed by atoms with Crippen LogP contribution < -0.4 is 4.74 Å². The standard InChI is InChI=1S/C21H17N3O.C15H12N2O/c1-2-8-16(9-3-1)19-14-20(24-23-19)18-11-4-5-12-21(18)25-15-17-10-6-7-13-22-17;18-15-9-5-4-8-12(15)14-10-13(16-17-14)11-6-2-1-3-7-11/h1-14H,15H2,(H,23,24);1-10,18H,(H,16,17). The van der Waals surface area contributed by atoms with Crippen molar-refractivity contribution in [2.24, 2.45) is 0 Å². The van der Waals surface area contributed by atoms with Gasteiger partial charge in [0.15, 0.2) is 0 Å². The molecule has 0 saturated heterocycles. The number of H-pyrrole nitrogens is 2. The molecule has 0 aliphatic heterocycles. The Kier molecular flexibility index (Phi) is 8.32. The fraction of sp³-hybridized carbons (Fsp3) is 0.0278. The molecule has 0 unspecified atom stereocenters. The molecule has 0 fully saturated rings. The highest BCUT2D eigenvalue weighted by Crippen LogP contribution is 2.32. The Labute approximate surface area is 249 Å². The van der Waals surface area contributed by atoms with Gasteiger partial charge >= 0.3 is 0 Å². The van der Waals surface area contributed by atoms with E-state index in [1.807, 2.05) is 127 Å². The number of aromatic hydroxyl groups is 1. The average molecular weight is 564 g/mol. The number of aromatic nitrogens is 5. The summed E-state index contributed by atoms with van der Waals surface area (Å²) in [6.45, 7) is 0.428. The first-order chi connectivity index (χ1) is 21.2. The molecule has 7 aromatic rings. The van der Waals surface area contributed by atoms with E-state index in [0.717, 1.165) is 56.5 Å². The van der Waals surface area contributed by atoms with Crippen molar-refractivity contribution in [3.8, 4) is 56.5 Å². The molecule has 3 N–H and O–H groups in total. The SMILES string of the molecule is Oc1ccccc1-c1cc(-c2ccccc2)n[nH]1.c1ccc(-c2cc(-c3ccccc3OCc3ccccn3)[nH]n2)cc1. The first-order valence-corrected chi connectivity index (χ1v) is 13.9. The van der Waals surface area contributed by atoms with Crippen molar-refractivity contribution in [1.82, 2.24) is 25.4 Å². The second kappa shape index (κ2) is 13.1. The number of nitrogens with one attached hydrogen (secondary N) is 2. The molecular weight excluding hydrogens is 534 g/mol. The van der Waals surface area contributed by atoms with Crippen molar-refractivity contribution >= 4 is 0 Å². The maximum absolute atomic E-state index is 9.80. The molecule has 7 rings (SSSR count). The van der Waals surface area contributed by atoms with Gasteiger partial charge < -0.3 is 9.84 Å². The van der Waals surface area contributed by atoms with E-state index in [1.54, 1.807) is 18.3 Å². The van der Waals surface area contributed by atoms with Crippen molar-refractivity contribution in [3.63, 3.8) is 0 Å². The van der Waals surface area contributed by atoms with E-state index >= 15 is 0 Å². The molecule has 3 heterocycles. The van der Waals surface area contributed by atoms with Crippen LogP contribution in [0, 0.1) is 0 Å². The van der Waals surface area contributed by atoms with Crippen molar-refractivity contribution in [3.05, 3.63) is 151 Å². The number of pyridine rings is 1. The van der Waals surface area contributed by atoms with Gasteiger partial charge in [-0.05, 0) is 48.5 Å². The van der Waals surface area contributed by atoms with Gasteiger partial charge in [-0.3, -0.25) is 15.2 Å². The first-order valence-electron chi connectivity index (χ1n) is 13.9. The predicted molar refractivity (Wildman–Crippen MR) is 169 cm³/mol. The second-order valence-corrected chi connectivity index (χ2v) is 9.69. The number of hydrogen-bond donors (Lipinski definition) is 3. The summed E-state index contributed by atoms with van der Waals surface area (Å²) in [5.74, 6) is 1.05. The molecule has 0 atom stereocenters. The largest absolute Gasteiger partial charge is 0.507 e. The number of rotatable bonds is 7. The van der Waals surface area contributed by atoms with Crippen LogP contribution in [0.1, 0.15) is 5.69 Å². The van der Waals surface area contributed by atoms with Crippen molar-refractivity contribution < 1.29 is 9.84 Å². The molecule has 0 amide bonds. The number of hydrogen-bond acceptors (Lipinski definition) is 5. The summed E-state index contributed by atoms with van der Waals surface area (Å²) in [5.41, 5.74) is 8.28. The third kappa shape index (κ3) is 6.69. The fourth-order valence-corrected chi connectivity index (χ4v) is 4.58. The van der Waals surface area contributed by atoms with E-state index in [0.29, 0.717) is 6.61 Å². The van der Waals surface area contributed by atoms with E-state index in [9.17, 15) is 5.11 Å². The Hall–Kier alpha value is -5.95. The molecule has 210 valence electrons. The second-order valence-electron chi connectivity index (χ2n) is 9.69. The lowest BCUT2D eigenvalue weighted by Gasteiger charge is -2.09. The quantitative estimate of drug-likeness (QED) is 0.182. The predicted octanol–water partition coefficient (Wildman–Crippen LogP) is 8.17. The number of phenols is 1.